The summed E-state index contributed by atoms with van der Waals surface area (Å²) in [7, 11) is 4.03. The van der Waals surface area contributed by atoms with Gasteiger partial charge < -0.3 is 14.5 Å². The summed E-state index contributed by atoms with van der Waals surface area (Å²) in [6.07, 6.45) is 1.70. The van der Waals surface area contributed by atoms with E-state index in [4.69, 9.17) is 4.74 Å². The SMILES string of the molecule is CCN(CCOc1nc2cccnc2nc1C#Cc1ccc(N(C)C)cc1)c1ccccc1. The molecule has 0 aliphatic rings. The van der Waals surface area contributed by atoms with E-state index in [1.807, 2.05) is 68.7 Å². The first-order valence-electron chi connectivity index (χ1n) is 11.0. The van der Waals surface area contributed by atoms with Gasteiger partial charge in [-0.3, -0.25) is 0 Å². The molecule has 0 saturated carbocycles. The van der Waals surface area contributed by atoms with Gasteiger partial charge in [-0.2, -0.15) is 0 Å². The fourth-order valence-corrected chi connectivity index (χ4v) is 3.40. The molecule has 6 nitrogen and oxygen atoms in total. The number of para-hydroxylation sites is 1. The fraction of sp³-hybridized carbons (Fsp3) is 0.222. The van der Waals surface area contributed by atoms with Crippen molar-refractivity contribution < 1.29 is 4.74 Å². The number of fused-ring (bicyclic) bond motifs is 1. The highest BCUT2D eigenvalue weighted by molar-refractivity contribution is 5.71. The zero-order chi connectivity index (χ0) is 23.0. The van der Waals surface area contributed by atoms with Crippen LogP contribution in [0.15, 0.2) is 72.9 Å². The molecule has 0 unspecified atom stereocenters. The Hall–Kier alpha value is -4.11. The number of anilines is 2. The molecule has 4 aromatic rings. The Labute approximate surface area is 194 Å². The van der Waals surface area contributed by atoms with Gasteiger partial charge in [0.25, 0.3) is 0 Å². The minimum Gasteiger partial charge on any atom is -0.474 e. The van der Waals surface area contributed by atoms with Gasteiger partial charge >= 0.3 is 0 Å². The van der Waals surface area contributed by atoms with Crippen LogP contribution in [0, 0.1) is 11.8 Å². The number of aromatic nitrogens is 3. The summed E-state index contributed by atoms with van der Waals surface area (Å²) >= 11 is 0. The van der Waals surface area contributed by atoms with Crippen molar-refractivity contribution in [3.8, 4) is 17.7 Å². The molecule has 2 aromatic carbocycles. The molecule has 0 saturated heterocycles. The van der Waals surface area contributed by atoms with Crippen molar-refractivity contribution in [1.82, 2.24) is 15.0 Å². The molecular weight excluding hydrogens is 410 g/mol. The van der Waals surface area contributed by atoms with E-state index in [0.717, 1.165) is 24.3 Å². The van der Waals surface area contributed by atoms with Gasteiger partial charge in [-0.25, -0.2) is 15.0 Å². The monoisotopic (exact) mass is 437 g/mol. The Morgan fingerprint density at radius 3 is 2.36 bits per heavy atom. The standard InChI is InChI=1S/C27H27N5O/c1-4-32(23-9-6-5-7-10-23)19-20-33-27-25(29-26-24(30-27)11-8-18-28-26)17-14-21-12-15-22(16-13-21)31(2)3/h5-13,15-16,18H,4,19-20H2,1-3H3. The molecule has 6 heteroatoms. The van der Waals surface area contributed by atoms with Crippen LogP contribution in [0.4, 0.5) is 11.4 Å². The van der Waals surface area contributed by atoms with Crippen LogP contribution < -0.4 is 14.5 Å². The first-order chi connectivity index (χ1) is 16.1. The summed E-state index contributed by atoms with van der Waals surface area (Å²) < 4.78 is 6.09. The maximum Gasteiger partial charge on any atom is 0.249 e. The summed E-state index contributed by atoms with van der Waals surface area (Å²) in [6, 6.07) is 22.1. The van der Waals surface area contributed by atoms with E-state index in [1.165, 1.54) is 5.69 Å². The van der Waals surface area contributed by atoms with Crippen LogP contribution in [-0.2, 0) is 0 Å². The zero-order valence-electron chi connectivity index (χ0n) is 19.2. The van der Waals surface area contributed by atoms with Crippen molar-refractivity contribution in [2.75, 3.05) is 43.6 Å². The summed E-state index contributed by atoms with van der Waals surface area (Å²) in [5.41, 5.74) is 4.91. The highest BCUT2D eigenvalue weighted by Crippen LogP contribution is 2.18. The second-order valence-corrected chi connectivity index (χ2v) is 7.68. The summed E-state index contributed by atoms with van der Waals surface area (Å²) in [6.45, 7) is 4.21. The molecule has 2 aromatic heterocycles. The summed E-state index contributed by atoms with van der Waals surface area (Å²) in [5.74, 6) is 6.75. The van der Waals surface area contributed by atoms with Gasteiger partial charge in [0, 0.05) is 43.8 Å². The lowest BCUT2D eigenvalue weighted by Crippen LogP contribution is -2.28. The lowest BCUT2D eigenvalue weighted by atomic mass is 10.2. The minimum atomic E-state index is 0.428. The third-order valence-corrected chi connectivity index (χ3v) is 5.22. The molecule has 0 N–H and O–H groups in total. The van der Waals surface area contributed by atoms with Crippen molar-refractivity contribution in [3.63, 3.8) is 0 Å². The van der Waals surface area contributed by atoms with E-state index in [-0.39, 0.29) is 0 Å². The fourth-order valence-electron chi connectivity index (χ4n) is 3.40. The summed E-state index contributed by atoms with van der Waals surface area (Å²) in [4.78, 5) is 17.9. The zero-order valence-corrected chi connectivity index (χ0v) is 19.2. The van der Waals surface area contributed by atoms with Gasteiger partial charge in [0.15, 0.2) is 11.3 Å². The minimum absolute atomic E-state index is 0.428. The third kappa shape index (κ3) is 5.58. The van der Waals surface area contributed by atoms with E-state index in [1.54, 1.807) is 6.20 Å². The van der Waals surface area contributed by atoms with Crippen LogP contribution in [0.3, 0.4) is 0 Å². The second kappa shape index (κ2) is 10.5. The van der Waals surface area contributed by atoms with Gasteiger partial charge in [-0.1, -0.05) is 24.1 Å². The Morgan fingerprint density at radius 2 is 1.64 bits per heavy atom. The van der Waals surface area contributed by atoms with Crippen molar-refractivity contribution in [3.05, 3.63) is 84.2 Å². The molecule has 0 atom stereocenters. The largest absolute Gasteiger partial charge is 0.474 e. The Bertz CT molecular complexity index is 1260. The quantitative estimate of drug-likeness (QED) is 0.400. The van der Waals surface area contributed by atoms with Crippen LogP contribution in [0.5, 0.6) is 5.88 Å². The molecule has 0 amide bonds. The number of likely N-dealkylation sites (N-methyl/N-ethyl adjacent to an activating group) is 1. The van der Waals surface area contributed by atoms with Gasteiger partial charge in [0.1, 0.15) is 12.1 Å². The molecule has 0 radical (unpaired) electrons. The molecule has 0 fully saturated rings. The average Bonchev–Trinajstić information content (AvgIpc) is 2.86. The second-order valence-electron chi connectivity index (χ2n) is 7.68. The first-order valence-corrected chi connectivity index (χ1v) is 11.0. The molecule has 33 heavy (non-hydrogen) atoms. The number of hydrogen-bond donors (Lipinski definition) is 0. The smallest absolute Gasteiger partial charge is 0.249 e. The van der Waals surface area contributed by atoms with Gasteiger partial charge in [0.2, 0.25) is 5.88 Å². The first kappa shape index (κ1) is 22.1. The molecule has 0 bridgehead atoms. The maximum atomic E-state index is 6.09. The van der Waals surface area contributed by atoms with E-state index in [2.05, 4.69) is 55.6 Å². The molecular formula is C27H27N5O. The van der Waals surface area contributed by atoms with Crippen LogP contribution in [0.1, 0.15) is 18.2 Å². The lowest BCUT2D eigenvalue weighted by molar-refractivity contribution is 0.311. The van der Waals surface area contributed by atoms with Gasteiger partial charge in [-0.05, 0) is 61.4 Å². The van der Waals surface area contributed by atoms with Crippen LogP contribution in [-0.4, -0.2) is 48.7 Å². The van der Waals surface area contributed by atoms with Gasteiger partial charge in [-0.15, -0.1) is 0 Å². The highest BCUT2D eigenvalue weighted by atomic mass is 16.5. The Morgan fingerprint density at radius 1 is 0.848 bits per heavy atom. The third-order valence-electron chi connectivity index (χ3n) is 5.22. The molecule has 0 aliphatic carbocycles. The average molecular weight is 438 g/mol. The Kier molecular flexibility index (Phi) is 7.01. The molecule has 166 valence electrons. The highest BCUT2D eigenvalue weighted by Gasteiger charge is 2.11. The summed E-state index contributed by atoms with van der Waals surface area (Å²) in [5, 5.41) is 0. The number of ether oxygens (including phenoxy) is 1. The van der Waals surface area contributed by atoms with Crippen molar-refractivity contribution in [2.24, 2.45) is 0 Å². The van der Waals surface area contributed by atoms with E-state index in [0.29, 0.717) is 29.3 Å². The van der Waals surface area contributed by atoms with E-state index >= 15 is 0 Å². The number of rotatable bonds is 7. The normalized spacial score (nSPS) is 10.4. The number of hydrogen-bond acceptors (Lipinski definition) is 6. The van der Waals surface area contributed by atoms with Gasteiger partial charge in [0.05, 0.1) is 6.54 Å². The van der Waals surface area contributed by atoms with E-state index < -0.39 is 0 Å². The molecule has 2 heterocycles. The lowest BCUT2D eigenvalue weighted by Gasteiger charge is -2.23. The molecule has 0 aliphatic heterocycles. The molecule has 4 rings (SSSR count). The van der Waals surface area contributed by atoms with Crippen molar-refractivity contribution >= 4 is 22.5 Å². The maximum absolute atomic E-state index is 6.09. The van der Waals surface area contributed by atoms with Crippen LogP contribution in [0.2, 0.25) is 0 Å². The predicted octanol–water partition coefficient (Wildman–Crippen LogP) is 4.40. The van der Waals surface area contributed by atoms with E-state index in [9.17, 15) is 0 Å². The predicted molar refractivity (Wildman–Crippen MR) is 134 cm³/mol. The number of benzene rings is 2. The molecule has 0 spiro atoms. The Balaban J connectivity index is 1.56. The number of pyridine rings is 1. The topological polar surface area (TPSA) is 54.4 Å². The van der Waals surface area contributed by atoms with Crippen molar-refractivity contribution in [2.45, 2.75) is 6.92 Å². The van der Waals surface area contributed by atoms with Crippen LogP contribution in [0.25, 0.3) is 11.2 Å². The van der Waals surface area contributed by atoms with Crippen LogP contribution >= 0.6 is 0 Å². The number of nitrogens with zero attached hydrogens (tertiary/aromatic N) is 5. The van der Waals surface area contributed by atoms with Crippen molar-refractivity contribution in [1.29, 1.82) is 0 Å².